The van der Waals surface area contributed by atoms with E-state index in [4.69, 9.17) is 14.2 Å². The highest BCUT2D eigenvalue weighted by Crippen LogP contribution is 2.16. The monoisotopic (exact) mass is 967 g/mol. The predicted molar refractivity (Wildman–Crippen MR) is 298 cm³/mol. The van der Waals surface area contributed by atoms with Gasteiger partial charge in [-0.15, -0.1) is 0 Å². The van der Waals surface area contributed by atoms with Crippen LogP contribution in [0.4, 0.5) is 0 Å². The van der Waals surface area contributed by atoms with Gasteiger partial charge in [-0.05, 0) is 77.0 Å². The van der Waals surface area contributed by atoms with Gasteiger partial charge in [-0.1, -0.05) is 268 Å². The number of esters is 3. The molecule has 0 fully saturated rings. The maximum absolute atomic E-state index is 12.8. The molecule has 1 atom stereocenters. The molecule has 0 radical (unpaired) electrons. The highest BCUT2D eigenvalue weighted by Gasteiger charge is 2.19. The second kappa shape index (κ2) is 57.9. The molecule has 6 heteroatoms. The van der Waals surface area contributed by atoms with Crippen molar-refractivity contribution in [3.8, 4) is 0 Å². The van der Waals surface area contributed by atoms with Gasteiger partial charge in [0.1, 0.15) is 13.2 Å². The molecule has 0 aliphatic rings. The number of allylic oxidation sites excluding steroid dienone is 8. The molecule has 0 aromatic heterocycles. The molecular formula is C63H114O6. The largest absolute Gasteiger partial charge is 0.462 e. The number of rotatable bonds is 55. The zero-order chi connectivity index (χ0) is 50.0. The average molecular weight is 968 g/mol. The minimum atomic E-state index is -0.773. The van der Waals surface area contributed by atoms with E-state index in [0.717, 1.165) is 77.0 Å². The minimum Gasteiger partial charge on any atom is -0.462 e. The van der Waals surface area contributed by atoms with Crippen LogP contribution in [-0.2, 0) is 28.6 Å². The maximum atomic E-state index is 12.8. The lowest BCUT2D eigenvalue weighted by molar-refractivity contribution is -0.167. The predicted octanol–water partition coefficient (Wildman–Crippen LogP) is 20.2. The molecule has 1 unspecified atom stereocenters. The summed E-state index contributed by atoms with van der Waals surface area (Å²) in [6.45, 7) is 6.61. The van der Waals surface area contributed by atoms with Crippen molar-refractivity contribution in [1.82, 2.24) is 0 Å². The van der Waals surface area contributed by atoms with Gasteiger partial charge in [-0.25, -0.2) is 0 Å². The van der Waals surface area contributed by atoms with Gasteiger partial charge >= 0.3 is 17.9 Å². The van der Waals surface area contributed by atoms with Crippen LogP contribution in [0.1, 0.15) is 316 Å². The quantitative estimate of drug-likeness (QED) is 0.0262. The Bertz CT molecular complexity index is 1200. The van der Waals surface area contributed by atoms with Crippen molar-refractivity contribution in [3.63, 3.8) is 0 Å². The van der Waals surface area contributed by atoms with Gasteiger partial charge in [0.05, 0.1) is 0 Å². The molecule has 0 aromatic carbocycles. The third-order valence-corrected chi connectivity index (χ3v) is 13.3. The summed E-state index contributed by atoms with van der Waals surface area (Å²) in [5.74, 6) is -0.871. The Morgan fingerprint density at radius 2 is 0.536 bits per heavy atom. The van der Waals surface area contributed by atoms with E-state index >= 15 is 0 Å². The Labute approximate surface area is 428 Å². The van der Waals surface area contributed by atoms with Crippen LogP contribution in [0.2, 0.25) is 0 Å². The fourth-order valence-corrected chi connectivity index (χ4v) is 8.73. The SMILES string of the molecule is CCCC/C=C\CCCCCCCC(=O)OCC(COC(=O)CCCCCCCCCCCCCC/C=C\C/C=C\C/C=C\CCCCCCC)OC(=O)CCCCCCCCCCCCCCC. The smallest absolute Gasteiger partial charge is 0.306 e. The van der Waals surface area contributed by atoms with Crippen molar-refractivity contribution in [3.05, 3.63) is 48.6 Å². The molecule has 0 aliphatic carbocycles. The van der Waals surface area contributed by atoms with Crippen molar-refractivity contribution < 1.29 is 28.6 Å². The molecule has 0 heterocycles. The van der Waals surface area contributed by atoms with E-state index in [1.165, 1.54) is 199 Å². The molecule has 0 N–H and O–H groups in total. The zero-order valence-corrected chi connectivity index (χ0v) is 46.1. The summed E-state index contributed by atoms with van der Waals surface area (Å²) in [6, 6.07) is 0. The molecule has 0 aliphatic heterocycles. The minimum absolute atomic E-state index is 0.0734. The van der Waals surface area contributed by atoms with E-state index in [1.54, 1.807) is 0 Å². The lowest BCUT2D eigenvalue weighted by Gasteiger charge is -2.18. The van der Waals surface area contributed by atoms with Crippen LogP contribution in [0, 0.1) is 0 Å². The summed E-state index contributed by atoms with van der Waals surface area (Å²) in [6.07, 6.45) is 71.2. The van der Waals surface area contributed by atoms with Gasteiger partial charge in [-0.3, -0.25) is 14.4 Å². The van der Waals surface area contributed by atoms with E-state index < -0.39 is 6.10 Å². The van der Waals surface area contributed by atoms with E-state index in [0.29, 0.717) is 19.3 Å². The Balaban J connectivity index is 4.18. The Kier molecular flexibility index (Phi) is 55.7. The van der Waals surface area contributed by atoms with Crippen LogP contribution in [0.25, 0.3) is 0 Å². The van der Waals surface area contributed by atoms with E-state index in [-0.39, 0.29) is 31.1 Å². The van der Waals surface area contributed by atoms with Gasteiger partial charge in [0.25, 0.3) is 0 Å². The van der Waals surface area contributed by atoms with Gasteiger partial charge in [0, 0.05) is 19.3 Å². The first kappa shape index (κ1) is 66.4. The molecule has 0 amide bonds. The van der Waals surface area contributed by atoms with Crippen LogP contribution in [-0.4, -0.2) is 37.2 Å². The van der Waals surface area contributed by atoms with Gasteiger partial charge < -0.3 is 14.2 Å². The van der Waals surface area contributed by atoms with Crippen LogP contribution in [0.5, 0.6) is 0 Å². The standard InChI is InChI=1S/C63H114O6/c1-4-7-10-13-16-19-22-24-25-26-27-28-29-30-31-32-33-34-35-36-37-39-41-44-47-50-53-56-62(65)68-59-60(58-67-61(64)55-52-49-46-43-40-21-18-15-12-9-6-3)69-63(66)57-54-51-48-45-42-38-23-20-17-14-11-8-5-2/h15,18,22,24,26-27,29-30,60H,4-14,16-17,19-21,23,25,28,31-59H2,1-3H3/b18-15-,24-22-,27-26-,30-29-. The molecule has 69 heavy (non-hydrogen) atoms. The normalized spacial score (nSPS) is 12.3. The molecule has 402 valence electrons. The number of ether oxygens (including phenoxy) is 3. The number of hydrogen-bond donors (Lipinski definition) is 0. The fourth-order valence-electron chi connectivity index (χ4n) is 8.73. The molecule has 0 aromatic rings. The van der Waals surface area contributed by atoms with Gasteiger partial charge in [0.15, 0.2) is 6.10 Å². The number of hydrogen-bond acceptors (Lipinski definition) is 6. The number of unbranched alkanes of at least 4 members (excludes halogenated alkanes) is 36. The molecule has 0 saturated heterocycles. The summed E-state index contributed by atoms with van der Waals surface area (Å²) in [5, 5.41) is 0. The van der Waals surface area contributed by atoms with Crippen molar-refractivity contribution >= 4 is 17.9 Å². The van der Waals surface area contributed by atoms with E-state index in [2.05, 4.69) is 69.4 Å². The number of carbonyl (C=O) groups is 3. The molecule has 6 nitrogen and oxygen atoms in total. The average Bonchev–Trinajstić information content (AvgIpc) is 3.35. The first-order chi connectivity index (χ1) is 34.0. The fraction of sp³-hybridized carbons (Fsp3) is 0.825. The van der Waals surface area contributed by atoms with Crippen LogP contribution >= 0.6 is 0 Å². The molecule has 0 bridgehead atoms. The summed E-state index contributed by atoms with van der Waals surface area (Å²) < 4.78 is 16.8. The Hall–Kier alpha value is -2.63. The first-order valence-corrected chi connectivity index (χ1v) is 30.1. The van der Waals surface area contributed by atoms with Crippen molar-refractivity contribution in [2.24, 2.45) is 0 Å². The lowest BCUT2D eigenvalue weighted by Crippen LogP contribution is -2.30. The third-order valence-electron chi connectivity index (χ3n) is 13.3. The second-order valence-electron chi connectivity index (χ2n) is 20.3. The first-order valence-electron chi connectivity index (χ1n) is 30.1. The highest BCUT2D eigenvalue weighted by atomic mass is 16.6. The van der Waals surface area contributed by atoms with Gasteiger partial charge in [0.2, 0.25) is 0 Å². The Morgan fingerprint density at radius 3 is 0.870 bits per heavy atom. The van der Waals surface area contributed by atoms with E-state index in [1.807, 2.05) is 0 Å². The van der Waals surface area contributed by atoms with Crippen LogP contribution in [0.3, 0.4) is 0 Å². The van der Waals surface area contributed by atoms with E-state index in [9.17, 15) is 14.4 Å². The molecule has 0 rings (SSSR count). The van der Waals surface area contributed by atoms with Crippen molar-refractivity contribution in [1.29, 1.82) is 0 Å². The summed E-state index contributed by atoms with van der Waals surface area (Å²) in [5.41, 5.74) is 0. The third kappa shape index (κ3) is 56.2. The molecule has 0 saturated carbocycles. The highest BCUT2D eigenvalue weighted by molar-refractivity contribution is 5.71. The summed E-state index contributed by atoms with van der Waals surface area (Å²) in [7, 11) is 0. The van der Waals surface area contributed by atoms with Crippen molar-refractivity contribution in [2.75, 3.05) is 13.2 Å². The summed E-state index contributed by atoms with van der Waals surface area (Å²) >= 11 is 0. The van der Waals surface area contributed by atoms with Crippen LogP contribution in [0.15, 0.2) is 48.6 Å². The Morgan fingerprint density at radius 1 is 0.290 bits per heavy atom. The number of carbonyl (C=O) groups excluding carboxylic acids is 3. The second-order valence-corrected chi connectivity index (χ2v) is 20.3. The summed E-state index contributed by atoms with van der Waals surface area (Å²) in [4.78, 5) is 38.1. The van der Waals surface area contributed by atoms with Gasteiger partial charge in [-0.2, -0.15) is 0 Å². The molecule has 0 spiro atoms. The molecular weight excluding hydrogens is 853 g/mol. The van der Waals surface area contributed by atoms with Crippen molar-refractivity contribution in [2.45, 2.75) is 322 Å². The lowest BCUT2D eigenvalue weighted by atomic mass is 10.0. The zero-order valence-electron chi connectivity index (χ0n) is 46.1. The van der Waals surface area contributed by atoms with Crippen LogP contribution < -0.4 is 0 Å². The topological polar surface area (TPSA) is 78.9 Å². The maximum Gasteiger partial charge on any atom is 0.306 e.